The van der Waals surface area contributed by atoms with Gasteiger partial charge in [-0.15, -0.1) is 0 Å². The lowest BCUT2D eigenvalue weighted by Gasteiger charge is -2.19. The number of nitrogens with zero attached hydrogens (tertiary/aromatic N) is 2. The fourth-order valence-electron chi connectivity index (χ4n) is 2.98. The van der Waals surface area contributed by atoms with Crippen LogP contribution in [0.1, 0.15) is 29.7 Å². The Bertz CT molecular complexity index is 736. The van der Waals surface area contributed by atoms with Gasteiger partial charge in [-0.2, -0.15) is 0 Å². The molecule has 4 nitrogen and oxygen atoms in total. The average molecular weight is 357 g/mol. The van der Waals surface area contributed by atoms with Crippen molar-refractivity contribution in [1.29, 1.82) is 0 Å². The molecule has 0 saturated heterocycles. The summed E-state index contributed by atoms with van der Waals surface area (Å²) in [5.41, 5.74) is 3.79. The molecule has 0 spiro atoms. The zero-order chi connectivity index (χ0) is 17.7. The third kappa shape index (κ3) is 4.73. The smallest absolute Gasteiger partial charge is 0.191 e. The van der Waals surface area contributed by atoms with E-state index in [-0.39, 0.29) is 5.41 Å². The van der Waals surface area contributed by atoms with E-state index in [1.807, 2.05) is 38.4 Å². The molecule has 3 rings (SSSR count). The van der Waals surface area contributed by atoms with Crippen LogP contribution in [0.5, 0.6) is 0 Å². The minimum absolute atomic E-state index is 0.198. The predicted octanol–water partition coefficient (Wildman–Crippen LogP) is 3.48. The second kappa shape index (κ2) is 7.87. The van der Waals surface area contributed by atoms with Crippen LogP contribution >= 0.6 is 11.6 Å². The molecule has 2 N–H and O–H groups in total. The molecule has 0 unspecified atom stereocenters. The Morgan fingerprint density at radius 3 is 2.72 bits per heavy atom. The number of aryl methyl sites for hydroxylation is 1. The van der Waals surface area contributed by atoms with Gasteiger partial charge < -0.3 is 10.6 Å². The van der Waals surface area contributed by atoms with Gasteiger partial charge in [-0.1, -0.05) is 29.8 Å². The topological polar surface area (TPSA) is 49.3 Å². The summed E-state index contributed by atoms with van der Waals surface area (Å²) in [7, 11) is 1.81. The molecular weight excluding hydrogens is 332 g/mol. The molecule has 5 heteroatoms. The van der Waals surface area contributed by atoms with Crippen molar-refractivity contribution in [2.75, 3.05) is 20.1 Å². The first-order chi connectivity index (χ1) is 12.1. The van der Waals surface area contributed by atoms with Crippen molar-refractivity contribution in [3.05, 3.63) is 64.4 Å². The maximum Gasteiger partial charge on any atom is 0.191 e. The van der Waals surface area contributed by atoms with Crippen molar-refractivity contribution in [2.24, 2.45) is 4.99 Å². The number of guanidine groups is 1. The predicted molar refractivity (Wildman–Crippen MR) is 104 cm³/mol. The Hall–Kier alpha value is -2.07. The molecule has 25 heavy (non-hydrogen) atoms. The number of rotatable bonds is 6. The molecule has 1 heterocycles. The molecular formula is C20H25ClN4. The molecule has 1 aromatic heterocycles. The summed E-state index contributed by atoms with van der Waals surface area (Å²) in [6, 6.07) is 12.4. The van der Waals surface area contributed by atoms with Crippen molar-refractivity contribution >= 4 is 17.6 Å². The molecule has 0 bridgehead atoms. The summed E-state index contributed by atoms with van der Waals surface area (Å²) >= 11 is 6.14. The van der Waals surface area contributed by atoms with Gasteiger partial charge in [0.2, 0.25) is 0 Å². The van der Waals surface area contributed by atoms with Crippen LogP contribution in [-0.4, -0.2) is 31.1 Å². The lowest BCUT2D eigenvalue weighted by molar-refractivity contribution is 0.645. The minimum atomic E-state index is 0.198. The zero-order valence-corrected chi connectivity index (χ0v) is 15.6. The molecule has 0 radical (unpaired) electrons. The summed E-state index contributed by atoms with van der Waals surface area (Å²) in [4.78, 5) is 8.66. The highest BCUT2D eigenvalue weighted by molar-refractivity contribution is 6.30. The number of hydrogen-bond acceptors (Lipinski definition) is 2. The highest BCUT2D eigenvalue weighted by Crippen LogP contribution is 2.48. The first kappa shape index (κ1) is 17.7. The highest BCUT2D eigenvalue weighted by atomic mass is 35.5. The Morgan fingerprint density at radius 2 is 2.08 bits per heavy atom. The van der Waals surface area contributed by atoms with Gasteiger partial charge in [-0.25, -0.2) is 0 Å². The van der Waals surface area contributed by atoms with Crippen LogP contribution in [0.2, 0.25) is 5.02 Å². The first-order valence-electron chi connectivity index (χ1n) is 8.73. The number of pyridine rings is 1. The molecule has 132 valence electrons. The van der Waals surface area contributed by atoms with Crippen LogP contribution in [0.4, 0.5) is 0 Å². The standard InChI is InChI=1S/C20H25ClN4/c1-15-6-7-16(13-24-15)8-11-23-19(22-2)25-14-20(9-10-20)17-4-3-5-18(21)12-17/h3-7,12-13H,8-11,14H2,1-2H3,(H2,22,23,25). The second-order valence-corrected chi connectivity index (χ2v) is 7.14. The van der Waals surface area contributed by atoms with Gasteiger partial charge in [0.15, 0.2) is 5.96 Å². The number of hydrogen-bond donors (Lipinski definition) is 2. The lowest BCUT2D eigenvalue weighted by Crippen LogP contribution is -2.42. The third-order valence-corrected chi connectivity index (χ3v) is 5.02. The van der Waals surface area contributed by atoms with E-state index >= 15 is 0 Å². The Balaban J connectivity index is 1.49. The summed E-state index contributed by atoms with van der Waals surface area (Å²) in [6.45, 7) is 3.70. The van der Waals surface area contributed by atoms with Crippen LogP contribution < -0.4 is 10.6 Å². The van der Waals surface area contributed by atoms with Crippen molar-refractivity contribution < 1.29 is 0 Å². The number of nitrogens with one attached hydrogen (secondary N) is 2. The van der Waals surface area contributed by atoms with E-state index < -0.39 is 0 Å². The Labute approximate surface area is 154 Å². The van der Waals surface area contributed by atoms with Gasteiger partial charge in [0.05, 0.1) is 0 Å². The van der Waals surface area contributed by atoms with Crippen LogP contribution in [-0.2, 0) is 11.8 Å². The molecule has 1 fully saturated rings. The van der Waals surface area contributed by atoms with E-state index in [1.165, 1.54) is 24.0 Å². The maximum absolute atomic E-state index is 6.14. The monoisotopic (exact) mass is 356 g/mol. The first-order valence-corrected chi connectivity index (χ1v) is 9.11. The van der Waals surface area contributed by atoms with Crippen molar-refractivity contribution in [3.63, 3.8) is 0 Å². The Kier molecular flexibility index (Phi) is 5.59. The van der Waals surface area contributed by atoms with Gasteiger partial charge in [0, 0.05) is 42.5 Å². The average Bonchev–Trinajstić information content (AvgIpc) is 3.41. The van der Waals surface area contributed by atoms with E-state index in [0.717, 1.165) is 36.2 Å². The molecule has 2 aromatic rings. The van der Waals surface area contributed by atoms with Gasteiger partial charge in [-0.05, 0) is 55.5 Å². The Morgan fingerprint density at radius 1 is 1.24 bits per heavy atom. The molecule has 0 amide bonds. The zero-order valence-electron chi connectivity index (χ0n) is 14.8. The van der Waals surface area contributed by atoms with Crippen molar-refractivity contribution in [2.45, 2.75) is 31.6 Å². The van der Waals surface area contributed by atoms with Crippen molar-refractivity contribution in [3.8, 4) is 0 Å². The molecule has 1 saturated carbocycles. The van der Waals surface area contributed by atoms with E-state index in [1.54, 1.807) is 0 Å². The van der Waals surface area contributed by atoms with Gasteiger partial charge in [0.25, 0.3) is 0 Å². The normalized spacial score (nSPS) is 15.7. The van der Waals surface area contributed by atoms with Crippen molar-refractivity contribution in [1.82, 2.24) is 15.6 Å². The van der Waals surface area contributed by atoms with E-state index in [0.29, 0.717) is 0 Å². The summed E-state index contributed by atoms with van der Waals surface area (Å²) in [6.07, 6.45) is 5.23. The van der Waals surface area contributed by atoms with Gasteiger partial charge >= 0.3 is 0 Å². The van der Waals surface area contributed by atoms with E-state index in [4.69, 9.17) is 11.6 Å². The fourth-order valence-corrected chi connectivity index (χ4v) is 3.17. The molecule has 1 aliphatic rings. The van der Waals surface area contributed by atoms with Crippen LogP contribution in [0, 0.1) is 6.92 Å². The number of aliphatic imine (C=N–C) groups is 1. The second-order valence-electron chi connectivity index (χ2n) is 6.70. The summed E-state index contributed by atoms with van der Waals surface area (Å²) in [5.74, 6) is 0.841. The number of halogens is 1. The maximum atomic E-state index is 6.14. The van der Waals surface area contributed by atoms with Crippen LogP contribution in [0.15, 0.2) is 47.6 Å². The summed E-state index contributed by atoms with van der Waals surface area (Å²) in [5, 5.41) is 7.65. The molecule has 1 aliphatic carbocycles. The molecule has 0 aliphatic heterocycles. The third-order valence-electron chi connectivity index (χ3n) is 4.79. The van der Waals surface area contributed by atoms with E-state index in [2.05, 4.69) is 38.8 Å². The fraction of sp³-hybridized carbons (Fsp3) is 0.400. The minimum Gasteiger partial charge on any atom is -0.356 e. The SMILES string of the molecule is CN=C(NCCc1ccc(C)nc1)NCC1(c2cccc(Cl)c2)CC1. The summed E-state index contributed by atoms with van der Waals surface area (Å²) < 4.78 is 0. The quantitative estimate of drug-likeness (QED) is 0.615. The molecule has 1 aromatic carbocycles. The van der Waals surface area contributed by atoms with Gasteiger partial charge in [0.1, 0.15) is 0 Å². The molecule has 0 atom stereocenters. The largest absolute Gasteiger partial charge is 0.356 e. The number of benzene rings is 1. The number of aromatic nitrogens is 1. The van der Waals surface area contributed by atoms with E-state index in [9.17, 15) is 0 Å². The lowest BCUT2D eigenvalue weighted by atomic mass is 9.96. The highest BCUT2D eigenvalue weighted by Gasteiger charge is 2.44. The van der Waals surface area contributed by atoms with Crippen LogP contribution in [0.25, 0.3) is 0 Å². The van der Waals surface area contributed by atoms with Crippen LogP contribution in [0.3, 0.4) is 0 Å². The van der Waals surface area contributed by atoms with Gasteiger partial charge in [-0.3, -0.25) is 9.98 Å².